The largest absolute Gasteiger partial charge is 0.443 e. The summed E-state index contributed by atoms with van der Waals surface area (Å²) < 4.78 is 5.46. The number of ether oxygens (including phenoxy) is 1. The maximum absolute atomic E-state index is 13.0. The molecule has 0 saturated heterocycles. The quantitative estimate of drug-likeness (QED) is 0.256. The van der Waals surface area contributed by atoms with Crippen molar-refractivity contribution in [2.45, 2.75) is 13.0 Å². The van der Waals surface area contributed by atoms with Gasteiger partial charge in [0.05, 0.1) is 0 Å². The third kappa shape index (κ3) is 5.77. The van der Waals surface area contributed by atoms with Gasteiger partial charge in [0.2, 0.25) is 6.10 Å². The molecule has 0 bridgehead atoms. The normalized spacial score (nSPS) is 11.7. The van der Waals surface area contributed by atoms with E-state index in [9.17, 15) is 19.6 Å². The van der Waals surface area contributed by atoms with Crippen LogP contribution in [0.15, 0.2) is 90.5 Å². The molecule has 0 aliphatic rings. The Morgan fingerprint density at radius 3 is 2.22 bits per heavy atom. The first-order chi connectivity index (χ1) is 15.5. The molecule has 1 unspecified atom stereocenters. The molecule has 0 fully saturated rings. The predicted molar refractivity (Wildman–Crippen MR) is 120 cm³/mol. The lowest BCUT2D eigenvalue weighted by molar-refractivity contribution is -0.150. The highest BCUT2D eigenvalue weighted by atomic mass is 16.5. The van der Waals surface area contributed by atoms with Crippen LogP contribution in [0.4, 0.5) is 5.69 Å². The Balaban J connectivity index is 1.86. The van der Waals surface area contributed by atoms with Gasteiger partial charge in [0.25, 0.3) is 5.91 Å². The second kappa shape index (κ2) is 10.5. The number of anilines is 1. The second-order valence-corrected chi connectivity index (χ2v) is 6.90. The molecule has 6 nitrogen and oxygen atoms in total. The number of nitrogens with zero attached hydrogens (tertiary/aromatic N) is 1. The summed E-state index contributed by atoms with van der Waals surface area (Å²) in [4.78, 5) is 37.4. The fourth-order valence-electron chi connectivity index (χ4n) is 2.95. The van der Waals surface area contributed by atoms with Crippen LogP contribution in [-0.4, -0.2) is 17.7 Å². The second-order valence-electron chi connectivity index (χ2n) is 6.90. The number of hydrogen-bond acceptors (Lipinski definition) is 5. The van der Waals surface area contributed by atoms with Gasteiger partial charge >= 0.3 is 5.97 Å². The predicted octanol–water partition coefficient (Wildman–Crippen LogP) is 4.72. The lowest BCUT2D eigenvalue weighted by Gasteiger charge is -2.18. The van der Waals surface area contributed by atoms with E-state index in [0.29, 0.717) is 22.4 Å². The SMILES string of the molecule is CC(=O)c1cccc(NC(=O)C(OC(=O)C(C#N)=Cc2ccccc2)c2ccccc2)c1. The molecule has 0 saturated carbocycles. The summed E-state index contributed by atoms with van der Waals surface area (Å²) in [5.41, 5.74) is 1.69. The highest BCUT2D eigenvalue weighted by molar-refractivity contribution is 6.02. The summed E-state index contributed by atoms with van der Waals surface area (Å²) in [5, 5.41) is 12.1. The molecule has 0 aliphatic carbocycles. The molecule has 32 heavy (non-hydrogen) atoms. The van der Waals surface area contributed by atoms with Crippen LogP contribution in [-0.2, 0) is 14.3 Å². The zero-order valence-corrected chi connectivity index (χ0v) is 17.3. The van der Waals surface area contributed by atoms with Crippen molar-refractivity contribution in [2.75, 3.05) is 5.32 Å². The number of esters is 1. The first kappa shape index (κ1) is 22.2. The van der Waals surface area contributed by atoms with E-state index in [2.05, 4.69) is 5.32 Å². The van der Waals surface area contributed by atoms with Crippen LogP contribution in [0.5, 0.6) is 0 Å². The first-order valence-corrected chi connectivity index (χ1v) is 9.82. The van der Waals surface area contributed by atoms with Gasteiger partial charge in [0, 0.05) is 16.8 Å². The molecule has 0 spiro atoms. The van der Waals surface area contributed by atoms with E-state index in [1.54, 1.807) is 78.9 Å². The summed E-state index contributed by atoms with van der Waals surface area (Å²) in [6.45, 7) is 1.43. The van der Waals surface area contributed by atoms with Crippen LogP contribution in [0.1, 0.15) is 34.5 Å². The summed E-state index contributed by atoms with van der Waals surface area (Å²) in [6.07, 6.45) is 0.107. The average molecular weight is 424 g/mol. The first-order valence-electron chi connectivity index (χ1n) is 9.82. The molecule has 0 heterocycles. The van der Waals surface area contributed by atoms with Crippen molar-refractivity contribution in [1.29, 1.82) is 5.26 Å². The van der Waals surface area contributed by atoms with Gasteiger partial charge in [0.15, 0.2) is 5.78 Å². The Bertz CT molecular complexity index is 1200. The number of benzene rings is 3. The van der Waals surface area contributed by atoms with E-state index in [0.717, 1.165) is 0 Å². The molecule has 1 amide bonds. The van der Waals surface area contributed by atoms with Gasteiger partial charge in [-0.3, -0.25) is 9.59 Å². The average Bonchev–Trinajstić information content (AvgIpc) is 2.82. The van der Waals surface area contributed by atoms with E-state index in [-0.39, 0.29) is 11.4 Å². The summed E-state index contributed by atoms with van der Waals surface area (Å²) >= 11 is 0. The molecule has 1 N–H and O–H groups in total. The van der Waals surface area contributed by atoms with Crippen LogP contribution in [0, 0.1) is 11.3 Å². The molecule has 3 rings (SSSR count). The number of nitriles is 1. The van der Waals surface area contributed by atoms with Crippen molar-refractivity contribution >= 4 is 29.4 Å². The van der Waals surface area contributed by atoms with Crippen LogP contribution in [0.3, 0.4) is 0 Å². The van der Waals surface area contributed by atoms with Crippen molar-refractivity contribution in [3.63, 3.8) is 0 Å². The van der Waals surface area contributed by atoms with Crippen molar-refractivity contribution in [1.82, 2.24) is 0 Å². The van der Waals surface area contributed by atoms with Gasteiger partial charge in [-0.1, -0.05) is 72.8 Å². The van der Waals surface area contributed by atoms with Crippen LogP contribution >= 0.6 is 0 Å². The summed E-state index contributed by atoms with van der Waals surface area (Å²) in [6, 6.07) is 25.6. The van der Waals surface area contributed by atoms with Gasteiger partial charge in [-0.2, -0.15) is 5.26 Å². The van der Waals surface area contributed by atoms with Gasteiger partial charge in [-0.05, 0) is 30.7 Å². The molecule has 0 aliphatic heterocycles. The van der Waals surface area contributed by atoms with Gasteiger partial charge in [-0.15, -0.1) is 0 Å². The topological polar surface area (TPSA) is 96.3 Å². The Morgan fingerprint density at radius 1 is 0.938 bits per heavy atom. The minimum absolute atomic E-state index is 0.142. The Labute approximate surface area is 185 Å². The summed E-state index contributed by atoms with van der Waals surface area (Å²) in [5.74, 6) is -1.67. The zero-order chi connectivity index (χ0) is 22.9. The molecular formula is C26H20N2O4. The molecule has 6 heteroatoms. The molecule has 0 aromatic heterocycles. The molecule has 1 atom stereocenters. The van der Waals surface area contributed by atoms with Gasteiger partial charge in [0.1, 0.15) is 11.6 Å². The smallest absolute Gasteiger partial charge is 0.350 e. The summed E-state index contributed by atoms with van der Waals surface area (Å²) in [7, 11) is 0. The van der Waals surface area contributed by atoms with Crippen molar-refractivity contribution in [2.24, 2.45) is 0 Å². The van der Waals surface area contributed by atoms with E-state index in [1.807, 2.05) is 12.1 Å². The third-order valence-electron chi connectivity index (χ3n) is 4.55. The molecule has 3 aromatic carbocycles. The number of carbonyl (C=O) groups is 3. The van der Waals surface area contributed by atoms with E-state index < -0.39 is 18.0 Å². The highest BCUT2D eigenvalue weighted by Gasteiger charge is 2.27. The maximum atomic E-state index is 13.0. The lowest BCUT2D eigenvalue weighted by Crippen LogP contribution is -2.26. The molecule has 158 valence electrons. The fraction of sp³-hybridized carbons (Fsp3) is 0.0769. The minimum Gasteiger partial charge on any atom is -0.443 e. The Hall–Kier alpha value is -4.50. The zero-order valence-electron chi connectivity index (χ0n) is 17.3. The molecule has 3 aromatic rings. The standard InChI is InChI=1S/C26H20N2O4/c1-18(29)21-13-8-14-23(16-21)28-25(30)24(20-11-6-3-7-12-20)32-26(31)22(17-27)15-19-9-4-2-5-10-19/h2-16,24H,1H3,(H,28,30). The number of nitrogens with one attached hydrogen (secondary N) is 1. The number of carbonyl (C=O) groups excluding carboxylic acids is 3. The number of ketones is 1. The number of hydrogen-bond donors (Lipinski definition) is 1. The van der Waals surface area contributed by atoms with Gasteiger partial charge in [-0.25, -0.2) is 4.79 Å². The number of rotatable bonds is 7. The monoisotopic (exact) mass is 424 g/mol. The molecule has 0 radical (unpaired) electrons. The van der Waals surface area contributed by atoms with Crippen molar-refractivity contribution < 1.29 is 19.1 Å². The Kier molecular flexibility index (Phi) is 7.29. The van der Waals surface area contributed by atoms with E-state index >= 15 is 0 Å². The number of amides is 1. The van der Waals surface area contributed by atoms with Crippen molar-refractivity contribution in [3.8, 4) is 6.07 Å². The minimum atomic E-state index is -1.29. The maximum Gasteiger partial charge on any atom is 0.350 e. The highest BCUT2D eigenvalue weighted by Crippen LogP contribution is 2.22. The Morgan fingerprint density at radius 2 is 1.59 bits per heavy atom. The van der Waals surface area contributed by atoms with E-state index in [4.69, 9.17) is 4.74 Å². The third-order valence-corrected chi connectivity index (χ3v) is 4.55. The van der Waals surface area contributed by atoms with Crippen LogP contribution in [0.25, 0.3) is 6.08 Å². The van der Waals surface area contributed by atoms with E-state index in [1.165, 1.54) is 13.0 Å². The fourth-order valence-corrected chi connectivity index (χ4v) is 2.95. The number of Topliss-reactive ketones (excluding diaryl/α,β-unsaturated/α-hetero) is 1. The van der Waals surface area contributed by atoms with Crippen molar-refractivity contribution in [3.05, 3.63) is 107 Å². The van der Waals surface area contributed by atoms with Gasteiger partial charge < -0.3 is 10.1 Å². The van der Waals surface area contributed by atoms with Crippen LogP contribution in [0.2, 0.25) is 0 Å². The van der Waals surface area contributed by atoms with Crippen LogP contribution < -0.4 is 5.32 Å². The molecular weight excluding hydrogens is 404 g/mol. The lowest BCUT2D eigenvalue weighted by atomic mass is 10.1.